The molecule has 0 aromatic heterocycles. The van der Waals surface area contributed by atoms with Crippen LogP contribution in [0.3, 0.4) is 0 Å². The molecule has 0 aliphatic carbocycles. The smallest absolute Gasteiger partial charge is 0.798 e. The summed E-state index contributed by atoms with van der Waals surface area (Å²) in [5, 5.41) is 0. The largest absolute Gasteiger partial charge is 2.00 e. The molecule has 0 unspecified atom stereocenters. The predicted molar refractivity (Wildman–Crippen MR) is 77.7 cm³/mol. The first-order valence-corrected chi connectivity index (χ1v) is 5.47. The fourth-order valence-corrected chi connectivity index (χ4v) is 1.36. The standard InChI is InChI=1S/C10H11S.7CO.2Mn/c1-3-8-6-5-7-9(4-2)10(8)11;7*1-2;;/h1,3,5-7,11H,4H2,2H3;;;;;;;;;/q-1;;;;;;;;;+2/p-1. The maximum atomic E-state index is 7.50. The van der Waals surface area contributed by atoms with Gasteiger partial charge in [0.2, 0.25) is 0 Å². The molecular weight excluding hydrogens is 458 g/mol. The monoisotopic (exact) mass is 468 g/mol. The van der Waals surface area contributed by atoms with E-state index in [1.807, 2.05) is 18.2 Å². The Morgan fingerprint density at radius 1 is 0.815 bits per heavy atom. The molecular formula is C17H10Mn2O7S. The average molecular weight is 468 g/mol. The van der Waals surface area contributed by atoms with Gasteiger partial charge in [0.15, 0.2) is 0 Å². The number of aryl methyl sites for hydroxylation is 1. The van der Waals surface area contributed by atoms with E-state index < -0.39 is 0 Å². The Morgan fingerprint density at radius 3 is 1.33 bits per heavy atom. The van der Waals surface area contributed by atoms with Crippen molar-refractivity contribution >= 4 is 18.7 Å². The molecule has 0 fully saturated rings. The van der Waals surface area contributed by atoms with Crippen molar-refractivity contribution in [2.45, 2.75) is 18.2 Å². The zero-order chi connectivity index (χ0) is 22.3. The molecule has 2 radical (unpaired) electrons. The summed E-state index contributed by atoms with van der Waals surface area (Å²) in [6.45, 7) is 39.0. The average Bonchev–Trinajstić information content (AvgIpc) is 2.78. The van der Waals surface area contributed by atoms with Gasteiger partial charge in [0, 0.05) is 17.1 Å². The second kappa shape index (κ2) is 86.9. The van der Waals surface area contributed by atoms with Crippen LogP contribution in [0.4, 0.5) is 0 Å². The van der Waals surface area contributed by atoms with E-state index >= 15 is 0 Å². The van der Waals surface area contributed by atoms with E-state index in [1.165, 1.54) is 5.56 Å². The molecule has 0 N–H and O–H groups in total. The topological polar surface area (TPSA) is 139 Å². The van der Waals surface area contributed by atoms with Crippen LogP contribution in [0.25, 0.3) is 6.08 Å². The molecule has 1 aromatic carbocycles. The van der Waals surface area contributed by atoms with Crippen molar-refractivity contribution in [3.05, 3.63) is 82.5 Å². The van der Waals surface area contributed by atoms with Gasteiger partial charge in [-0.15, -0.1) is 6.07 Å². The number of hydrogen-bond acceptors (Lipinski definition) is 1. The van der Waals surface area contributed by atoms with Gasteiger partial charge in [-0.3, -0.25) is 11.5 Å². The molecule has 0 atom stereocenters. The summed E-state index contributed by atoms with van der Waals surface area (Å²) in [6.07, 6.45) is 2.53. The first-order chi connectivity index (χ1) is 12.3. The fourth-order valence-electron chi connectivity index (χ4n) is 1.01. The zero-order valence-corrected chi connectivity index (χ0v) is 16.8. The Morgan fingerprint density at radius 2 is 1.11 bits per heavy atom. The SMILES string of the molecule is [C-]#[O+].[C-]#[O+].[C-]#[O+].[C-]#[O+].[C-]#[O+].[C-]#[O+].[C-]#[O+].[CH-]=Cc1cccc(CC)c1[S-].[Mn+2].[Mn]. The van der Waals surface area contributed by atoms with Gasteiger partial charge in [0.25, 0.3) is 0 Å². The summed E-state index contributed by atoms with van der Waals surface area (Å²) in [7, 11) is 0. The maximum Gasteiger partial charge on any atom is 2.00 e. The molecule has 0 saturated heterocycles. The minimum atomic E-state index is 0. The van der Waals surface area contributed by atoms with Crippen LogP contribution >= 0.6 is 0 Å². The van der Waals surface area contributed by atoms with Crippen molar-refractivity contribution in [2.75, 3.05) is 0 Å². The second-order valence-electron chi connectivity index (χ2n) is 2.36. The molecule has 0 bridgehead atoms. The minimum absolute atomic E-state index is 0. The first kappa shape index (κ1) is 56.2. The summed E-state index contributed by atoms with van der Waals surface area (Å²) in [5.41, 5.74) is 2.15. The van der Waals surface area contributed by atoms with E-state index in [4.69, 9.17) is 51.8 Å². The van der Waals surface area contributed by atoms with Gasteiger partial charge in [0.05, 0.1) is 0 Å². The van der Waals surface area contributed by atoms with Gasteiger partial charge < -0.3 is 12.6 Å². The Labute approximate surface area is 185 Å². The summed E-state index contributed by atoms with van der Waals surface area (Å²) in [6, 6.07) is 5.95. The Hall–Kier alpha value is -1.60. The molecule has 27 heavy (non-hydrogen) atoms. The first-order valence-electron chi connectivity index (χ1n) is 5.06. The van der Waals surface area contributed by atoms with E-state index in [9.17, 15) is 0 Å². The van der Waals surface area contributed by atoms with Crippen molar-refractivity contribution in [1.82, 2.24) is 0 Å². The fraction of sp³-hybridized carbons (Fsp3) is 0.118. The minimum Gasteiger partial charge on any atom is -0.798 e. The van der Waals surface area contributed by atoms with Crippen LogP contribution in [0.15, 0.2) is 23.1 Å². The molecule has 1 rings (SSSR count). The van der Waals surface area contributed by atoms with Crippen LogP contribution in [0, 0.1) is 53.1 Å². The van der Waals surface area contributed by atoms with Gasteiger partial charge >= 0.3 is 96.2 Å². The molecule has 0 spiro atoms. The van der Waals surface area contributed by atoms with Gasteiger partial charge in [-0.2, -0.15) is 5.56 Å². The van der Waals surface area contributed by atoms with Gasteiger partial charge in [-0.1, -0.05) is 24.6 Å². The Balaban J connectivity index is -0.0000000249. The Kier molecular flexibility index (Phi) is 181. The quantitative estimate of drug-likeness (QED) is 0.280. The van der Waals surface area contributed by atoms with Crippen molar-refractivity contribution in [1.29, 1.82) is 0 Å². The molecule has 140 valence electrons. The van der Waals surface area contributed by atoms with E-state index in [0.29, 0.717) is 0 Å². The van der Waals surface area contributed by atoms with Crippen molar-refractivity contribution < 1.29 is 66.7 Å². The van der Waals surface area contributed by atoms with E-state index in [1.54, 1.807) is 6.08 Å². The normalized spacial score (nSPS) is 4.41. The van der Waals surface area contributed by atoms with Crippen LogP contribution in [0.5, 0.6) is 0 Å². The van der Waals surface area contributed by atoms with Crippen LogP contribution in [0.1, 0.15) is 18.1 Å². The van der Waals surface area contributed by atoms with Crippen molar-refractivity contribution in [3.63, 3.8) is 0 Å². The molecule has 0 aliphatic heterocycles. The molecule has 10 heteroatoms. The summed E-state index contributed by atoms with van der Waals surface area (Å²) in [4.78, 5) is 0.887. The molecule has 1 aromatic rings. The van der Waals surface area contributed by atoms with E-state index in [0.717, 1.165) is 16.9 Å². The molecule has 0 amide bonds. The number of benzene rings is 1. The van der Waals surface area contributed by atoms with E-state index in [-0.39, 0.29) is 34.1 Å². The molecule has 0 heterocycles. The third-order valence-electron chi connectivity index (χ3n) is 1.69. The molecule has 0 saturated carbocycles. The number of rotatable bonds is 2. The zero-order valence-electron chi connectivity index (χ0n) is 13.6. The third kappa shape index (κ3) is 45.5. The van der Waals surface area contributed by atoms with Crippen molar-refractivity contribution in [3.8, 4) is 0 Å². The third-order valence-corrected chi connectivity index (χ3v) is 2.19. The van der Waals surface area contributed by atoms with Crippen LogP contribution in [-0.4, -0.2) is 0 Å². The van der Waals surface area contributed by atoms with Gasteiger partial charge in [-0.05, 0) is 6.42 Å². The maximum absolute atomic E-state index is 7.50. The van der Waals surface area contributed by atoms with Crippen molar-refractivity contribution in [2.24, 2.45) is 0 Å². The summed E-state index contributed by atoms with van der Waals surface area (Å²) < 4.78 is 52.5. The van der Waals surface area contributed by atoms with Crippen LogP contribution in [0.2, 0.25) is 0 Å². The summed E-state index contributed by atoms with van der Waals surface area (Å²) in [5.74, 6) is 0. The van der Waals surface area contributed by atoms with Gasteiger partial charge in [-0.25, -0.2) is 6.08 Å². The molecule has 0 aliphatic rings. The van der Waals surface area contributed by atoms with Crippen LogP contribution in [-0.2, 0) is 85.8 Å². The summed E-state index contributed by atoms with van der Waals surface area (Å²) >= 11 is 5.18. The van der Waals surface area contributed by atoms with E-state index in [2.05, 4.69) is 53.5 Å². The second-order valence-corrected chi connectivity index (χ2v) is 2.76. The van der Waals surface area contributed by atoms with Crippen LogP contribution < -0.4 is 0 Å². The predicted octanol–water partition coefficient (Wildman–Crippen LogP) is 2.33. The number of hydrogen-bond donors (Lipinski definition) is 0. The molecule has 7 nitrogen and oxygen atoms in total. The Bertz CT molecular complexity index is 486. The van der Waals surface area contributed by atoms with Gasteiger partial charge in [0.1, 0.15) is 0 Å².